The van der Waals surface area contributed by atoms with Crippen LogP contribution in [0.4, 0.5) is 0 Å². The first kappa shape index (κ1) is 10.8. The Hall–Kier alpha value is -2.13. The average molecular weight is 264 g/mol. The molecule has 0 saturated heterocycles. The van der Waals surface area contributed by atoms with Crippen LogP contribution in [-0.2, 0) is 0 Å². The number of para-hydroxylation sites is 2. The van der Waals surface area contributed by atoms with Crippen LogP contribution in [0.3, 0.4) is 0 Å². The molecule has 0 unspecified atom stereocenters. The van der Waals surface area contributed by atoms with Crippen molar-refractivity contribution in [3.05, 3.63) is 60.3 Å². The van der Waals surface area contributed by atoms with E-state index in [4.69, 9.17) is 0 Å². The summed E-state index contributed by atoms with van der Waals surface area (Å²) >= 11 is 1.73. The predicted octanol–water partition coefficient (Wildman–Crippen LogP) is 4.52. The molecule has 92 valence electrons. The smallest absolute Gasteiger partial charge is 0.195 e. The first-order valence-electron chi connectivity index (χ1n) is 6.25. The van der Waals surface area contributed by atoms with Gasteiger partial charge >= 0.3 is 0 Å². The van der Waals surface area contributed by atoms with Crippen molar-refractivity contribution >= 4 is 27.3 Å². The van der Waals surface area contributed by atoms with Gasteiger partial charge in [-0.1, -0.05) is 53.3 Å². The number of rotatable bonds is 1. The second-order valence-electron chi connectivity index (χ2n) is 4.71. The Morgan fingerprint density at radius 3 is 2.63 bits per heavy atom. The van der Waals surface area contributed by atoms with Crippen LogP contribution in [0.1, 0.15) is 5.56 Å². The minimum atomic E-state index is 1.05. The minimum Gasteiger partial charge on any atom is -0.290 e. The maximum atomic E-state index is 4.66. The van der Waals surface area contributed by atoms with E-state index in [2.05, 4.69) is 65.0 Å². The predicted molar refractivity (Wildman–Crippen MR) is 80.7 cm³/mol. The van der Waals surface area contributed by atoms with E-state index in [1.165, 1.54) is 21.5 Å². The van der Waals surface area contributed by atoms with Gasteiger partial charge in [-0.3, -0.25) is 4.40 Å². The summed E-state index contributed by atoms with van der Waals surface area (Å²) in [6, 6.07) is 16.9. The van der Waals surface area contributed by atoms with E-state index < -0.39 is 0 Å². The Bertz CT molecular complexity index is 869. The van der Waals surface area contributed by atoms with Crippen molar-refractivity contribution in [3.8, 4) is 10.4 Å². The molecule has 3 heteroatoms. The van der Waals surface area contributed by atoms with Crippen LogP contribution in [0, 0.1) is 6.92 Å². The van der Waals surface area contributed by atoms with E-state index in [1.807, 2.05) is 6.07 Å². The van der Waals surface area contributed by atoms with E-state index in [1.54, 1.807) is 11.3 Å². The highest BCUT2D eigenvalue weighted by molar-refractivity contribution is 7.20. The Labute approximate surface area is 115 Å². The Kier molecular flexibility index (Phi) is 2.23. The lowest BCUT2D eigenvalue weighted by molar-refractivity contribution is 1.28. The van der Waals surface area contributed by atoms with Crippen molar-refractivity contribution in [2.75, 3.05) is 0 Å². The number of aryl methyl sites for hydroxylation is 1. The summed E-state index contributed by atoms with van der Waals surface area (Å²) < 4.78 is 2.18. The monoisotopic (exact) mass is 264 g/mol. The quantitative estimate of drug-likeness (QED) is 0.494. The molecule has 0 aliphatic heterocycles. The normalized spacial score (nSPS) is 11.4. The van der Waals surface area contributed by atoms with Crippen LogP contribution >= 0.6 is 11.3 Å². The number of nitrogens with zero attached hydrogens (tertiary/aromatic N) is 2. The number of hydrogen-bond donors (Lipinski definition) is 0. The molecule has 0 fully saturated rings. The molecule has 2 aromatic carbocycles. The maximum Gasteiger partial charge on any atom is 0.195 e. The fourth-order valence-corrected chi connectivity index (χ4v) is 3.31. The second kappa shape index (κ2) is 3.93. The van der Waals surface area contributed by atoms with Crippen LogP contribution in [0.5, 0.6) is 0 Å². The fourth-order valence-electron chi connectivity index (χ4n) is 2.31. The van der Waals surface area contributed by atoms with Gasteiger partial charge in [-0.15, -0.1) is 0 Å². The molecule has 0 saturated carbocycles. The molecule has 0 N–H and O–H groups in total. The first-order valence-corrected chi connectivity index (χ1v) is 7.06. The summed E-state index contributed by atoms with van der Waals surface area (Å²) in [5, 5.41) is 0. The van der Waals surface area contributed by atoms with Crippen LogP contribution in [0.15, 0.2) is 54.7 Å². The minimum absolute atomic E-state index is 1.05. The van der Waals surface area contributed by atoms with Crippen molar-refractivity contribution in [1.29, 1.82) is 0 Å². The second-order valence-corrected chi connectivity index (χ2v) is 5.72. The molecule has 19 heavy (non-hydrogen) atoms. The fraction of sp³-hybridized carbons (Fsp3) is 0.0625. The summed E-state index contributed by atoms with van der Waals surface area (Å²) in [5.41, 5.74) is 4.78. The third kappa shape index (κ3) is 1.66. The Morgan fingerprint density at radius 1 is 1.00 bits per heavy atom. The van der Waals surface area contributed by atoms with Crippen LogP contribution in [0.2, 0.25) is 0 Å². The number of hydrogen-bond acceptors (Lipinski definition) is 2. The van der Waals surface area contributed by atoms with Crippen LogP contribution in [0.25, 0.3) is 26.4 Å². The van der Waals surface area contributed by atoms with Crippen molar-refractivity contribution in [2.45, 2.75) is 6.92 Å². The van der Waals surface area contributed by atoms with Gasteiger partial charge in [-0.2, -0.15) is 0 Å². The van der Waals surface area contributed by atoms with E-state index in [0.29, 0.717) is 0 Å². The molecular weight excluding hydrogens is 252 g/mol. The summed E-state index contributed by atoms with van der Waals surface area (Å²) in [5.74, 6) is 0. The largest absolute Gasteiger partial charge is 0.290 e. The van der Waals surface area contributed by atoms with E-state index in [0.717, 1.165) is 10.5 Å². The van der Waals surface area contributed by atoms with Gasteiger partial charge in [0.2, 0.25) is 0 Å². The van der Waals surface area contributed by atoms with Gasteiger partial charge in [0, 0.05) is 6.20 Å². The molecule has 0 aliphatic rings. The molecule has 2 nitrogen and oxygen atoms in total. The number of fused-ring (bicyclic) bond motifs is 3. The molecule has 0 radical (unpaired) electrons. The third-order valence-corrected chi connectivity index (χ3v) is 4.38. The number of aromatic nitrogens is 2. The van der Waals surface area contributed by atoms with Gasteiger partial charge in [0.1, 0.15) is 0 Å². The standard InChI is InChI=1S/C16H12N2S/c1-11-6-8-12(9-7-11)15-10-18-14-5-3-2-4-13(14)17-16(18)19-15/h2-10H,1H3. The average Bonchev–Trinajstić information content (AvgIpc) is 2.97. The van der Waals surface area contributed by atoms with Gasteiger partial charge in [-0.05, 0) is 24.6 Å². The molecule has 0 bridgehead atoms. The van der Waals surface area contributed by atoms with Crippen molar-refractivity contribution in [3.63, 3.8) is 0 Å². The molecule has 0 atom stereocenters. The summed E-state index contributed by atoms with van der Waals surface area (Å²) in [4.78, 5) is 6.97. The van der Waals surface area contributed by atoms with E-state index >= 15 is 0 Å². The topological polar surface area (TPSA) is 17.3 Å². The lowest BCUT2D eigenvalue weighted by atomic mass is 10.1. The molecular formula is C16H12N2S. The van der Waals surface area contributed by atoms with Crippen molar-refractivity contribution < 1.29 is 0 Å². The third-order valence-electron chi connectivity index (χ3n) is 3.35. The lowest BCUT2D eigenvalue weighted by Gasteiger charge is -1.97. The van der Waals surface area contributed by atoms with Gasteiger partial charge in [0.05, 0.1) is 15.9 Å². The van der Waals surface area contributed by atoms with Crippen LogP contribution in [-0.4, -0.2) is 9.38 Å². The Morgan fingerprint density at radius 2 is 1.79 bits per heavy atom. The van der Waals surface area contributed by atoms with Gasteiger partial charge in [0.25, 0.3) is 0 Å². The first-order chi connectivity index (χ1) is 9.31. The molecule has 0 aliphatic carbocycles. The highest BCUT2D eigenvalue weighted by Gasteiger charge is 2.09. The molecule has 4 rings (SSSR count). The maximum absolute atomic E-state index is 4.66. The van der Waals surface area contributed by atoms with Crippen molar-refractivity contribution in [1.82, 2.24) is 9.38 Å². The lowest BCUT2D eigenvalue weighted by Crippen LogP contribution is -1.77. The van der Waals surface area contributed by atoms with Gasteiger partial charge < -0.3 is 0 Å². The molecule has 0 spiro atoms. The van der Waals surface area contributed by atoms with Crippen LogP contribution < -0.4 is 0 Å². The van der Waals surface area contributed by atoms with E-state index in [-0.39, 0.29) is 0 Å². The molecule has 2 aromatic heterocycles. The molecule has 0 amide bonds. The summed E-state index contributed by atoms with van der Waals surface area (Å²) in [7, 11) is 0. The zero-order valence-corrected chi connectivity index (χ0v) is 11.3. The number of benzene rings is 2. The summed E-state index contributed by atoms with van der Waals surface area (Å²) in [6.45, 7) is 2.11. The van der Waals surface area contributed by atoms with Crippen molar-refractivity contribution in [2.24, 2.45) is 0 Å². The zero-order chi connectivity index (χ0) is 12.8. The molecule has 2 heterocycles. The Balaban J connectivity index is 1.94. The zero-order valence-electron chi connectivity index (χ0n) is 10.5. The highest BCUT2D eigenvalue weighted by Crippen LogP contribution is 2.31. The van der Waals surface area contributed by atoms with E-state index in [9.17, 15) is 0 Å². The molecule has 4 aromatic rings. The number of imidazole rings is 1. The van der Waals surface area contributed by atoms with Gasteiger partial charge in [-0.25, -0.2) is 4.98 Å². The highest BCUT2D eigenvalue weighted by atomic mass is 32.1. The SMILES string of the molecule is Cc1ccc(-c2cn3c(nc4ccccc43)s2)cc1. The number of thiazole rings is 1. The summed E-state index contributed by atoms with van der Waals surface area (Å²) in [6.07, 6.45) is 2.18. The van der Waals surface area contributed by atoms with Gasteiger partial charge in [0.15, 0.2) is 4.96 Å².